The van der Waals surface area contributed by atoms with Gasteiger partial charge in [0.1, 0.15) is 5.82 Å². The summed E-state index contributed by atoms with van der Waals surface area (Å²) in [6, 6.07) is 4.16. The first-order valence-electron chi connectivity index (χ1n) is 12.0. The fourth-order valence-corrected chi connectivity index (χ4v) is 4.89. The summed E-state index contributed by atoms with van der Waals surface area (Å²) in [6.07, 6.45) is 5.49. The fraction of sp³-hybridized carbons (Fsp3) is 0.696. The van der Waals surface area contributed by atoms with E-state index in [1.54, 1.807) is 11.1 Å². The summed E-state index contributed by atoms with van der Waals surface area (Å²) in [7, 11) is 0. The molecule has 3 aliphatic rings. The van der Waals surface area contributed by atoms with Crippen molar-refractivity contribution < 1.29 is 14.3 Å². The zero-order valence-corrected chi connectivity index (χ0v) is 19.1. The maximum absolute atomic E-state index is 12.7. The number of amides is 3. The summed E-state index contributed by atoms with van der Waals surface area (Å²) < 4.78 is 5.37. The molecule has 9 heteroatoms. The Morgan fingerprint density at radius 2 is 1.88 bits per heavy atom. The van der Waals surface area contributed by atoms with Crippen LogP contribution in [0.1, 0.15) is 32.6 Å². The molecule has 1 aromatic heterocycles. The number of anilines is 2. The topological polar surface area (TPSA) is 90.0 Å². The molecule has 0 aliphatic carbocycles. The second-order valence-electron chi connectivity index (χ2n) is 8.87. The Morgan fingerprint density at radius 1 is 1.09 bits per heavy atom. The third-order valence-corrected chi connectivity index (χ3v) is 6.90. The molecule has 4 rings (SSSR count). The van der Waals surface area contributed by atoms with E-state index in [1.807, 2.05) is 12.1 Å². The predicted octanol–water partition coefficient (Wildman–Crippen LogP) is 1.76. The minimum atomic E-state index is -0.130. The number of rotatable bonds is 6. The van der Waals surface area contributed by atoms with Crippen LogP contribution in [0.25, 0.3) is 0 Å². The minimum absolute atomic E-state index is 0.00926. The molecule has 0 unspecified atom stereocenters. The average molecular weight is 445 g/mol. The predicted molar refractivity (Wildman–Crippen MR) is 124 cm³/mol. The van der Waals surface area contributed by atoms with E-state index in [4.69, 9.17) is 4.74 Å². The number of ether oxygens (including phenoxy) is 1. The van der Waals surface area contributed by atoms with Crippen LogP contribution in [0.2, 0.25) is 0 Å². The van der Waals surface area contributed by atoms with Gasteiger partial charge in [0.05, 0.1) is 25.1 Å². The molecule has 0 saturated carbocycles. The number of carbonyl (C=O) groups excluding carboxylic acids is 2. The summed E-state index contributed by atoms with van der Waals surface area (Å²) in [4.78, 5) is 36.2. The van der Waals surface area contributed by atoms with E-state index >= 15 is 0 Å². The number of aromatic nitrogens is 1. The molecule has 176 valence electrons. The summed E-state index contributed by atoms with van der Waals surface area (Å²) in [6.45, 7) is 9.36. The van der Waals surface area contributed by atoms with Crippen molar-refractivity contribution in [2.45, 2.75) is 38.6 Å². The third kappa shape index (κ3) is 5.69. The van der Waals surface area contributed by atoms with Gasteiger partial charge in [-0.3, -0.25) is 9.69 Å². The first-order valence-corrected chi connectivity index (χ1v) is 12.0. The van der Waals surface area contributed by atoms with Gasteiger partial charge in [0, 0.05) is 44.7 Å². The van der Waals surface area contributed by atoms with Crippen LogP contribution in [0, 0.1) is 5.92 Å². The highest BCUT2D eigenvalue weighted by Gasteiger charge is 2.29. The van der Waals surface area contributed by atoms with E-state index in [2.05, 4.69) is 32.3 Å². The molecule has 1 aromatic rings. The standard InChI is InChI=1S/C23H36N6O3/c1-2-27-9-3-4-20(27)17-25-22(30)18-7-10-29(11-8-18)23(31)26-19-5-6-21(24-16-19)28-12-14-32-15-13-28/h5-6,16,18,20H,2-4,7-15,17H2,1H3,(H,25,30)(H,26,31)/t20-/m0/s1. The summed E-state index contributed by atoms with van der Waals surface area (Å²) in [5, 5.41) is 6.09. The van der Waals surface area contributed by atoms with E-state index in [9.17, 15) is 9.59 Å². The van der Waals surface area contributed by atoms with Crippen molar-refractivity contribution in [1.29, 1.82) is 0 Å². The van der Waals surface area contributed by atoms with Gasteiger partial charge >= 0.3 is 6.03 Å². The molecule has 3 aliphatic heterocycles. The van der Waals surface area contributed by atoms with E-state index in [0.717, 1.165) is 45.0 Å². The highest BCUT2D eigenvalue weighted by atomic mass is 16.5. The zero-order chi connectivity index (χ0) is 22.3. The van der Waals surface area contributed by atoms with Crippen LogP contribution >= 0.6 is 0 Å². The number of nitrogens with one attached hydrogen (secondary N) is 2. The molecule has 3 fully saturated rings. The average Bonchev–Trinajstić information content (AvgIpc) is 3.31. The van der Waals surface area contributed by atoms with Crippen molar-refractivity contribution in [2.24, 2.45) is 5.92 Å². The van der Waals surface area contributed by atoms with Gasteiger partial charge in [0.2, 0.25) is 5.91 Å². The third-order valence-electron chi connectivity index (χ3n) is 6.90. The van der Waals surface area contributed by atoms with Gasteiger partial charge in [-0.1, -0.05) is 6.92 Å². The maximum atomic E-state index is 12.7. The fourth-order valence-electron chi connectivity index (χ4n) is 4.89. The molecule has 1 atom stereocenters. The van der Waals surface area contributed by atoms with Crippen molar-refractivity contribution in [3.05, 3.63) is 18.3 Å². The van der Waals surface area contributed by atoms with Crippen LogP contribution in [-0.4, -0.2) is 91.8 Å². The van der Waals surface area contributed by atoms with Crippen LogP contribution in [0.15, 0.2) is 18.3 Å². The van der Waals surface area contributed by atoms with Gasteiger partial charge in [-0.15, -0.1) is 0 Å². The number of urea groups is 1. The normalized spacial score (nSPS) is 22.7. The first kappa shape index (κ1) is 22.8. The molecule has 0 bridgehead atoms. The number of hydrogen-bond acceptors (Lipinski definition) is 6. The summed E-state index contributed by atoms with van der Waals surface area (Å²) >= 11 is 0. The molecular formula is C23H36N6O3. The highest BCUT2D eigenvalue weighted by Crippen LogP contribution is 2.21. The van der Waals surface area contributed by atoms with Crippen LogP contribution < -0.4 is 15.5 Å². The molecule has 2 N–H and O–H groups in total. The Balaban J connectivity index is 1.19. The molecule has 3 saturated heterocycles. The van der Waals surface area contributed by atoms with Crippen molar-refractivity contribution >= 4 is 23.4 Å². The minimum Gasteiger partial charge on any atom is -0.378 e. The first-order chi connectivity index (χ1) is 15.6. The second kappa shape index (κ2) is 11.0. The maximum Gasteiger partial charge on any atom is 0.321 e. The monoisotopic (exact) mass is 444 g/mol. The largest absolute Gasteiger partial charge is 0.378 e. The zero-order valence-electron chi connectivity index (χ0n) is 19.1. The summed E-state index contributed by atoms with van der Waals surface area (Å²) in [5.74, 6) is 1.03. The second-order valence-corrected chi connectivity index (χ2v) is 8.87. The van der Waals surface area contributed by atoms with Gasteiger partial charge in [-0.2, -0.15) is 0 Å². The van der Waals surface area contributed by atoms with Crippen LogP contribution in [0.4, 0.5) is 16.3 Å². The van der Waals surface area contributed by atoms with Crippen molar-refractivity contribution in [3.63, 3.8) is 0 Å². The number of nitrogens with zero attached hydrogens (tertiary/aromatic N) is 4. The molecule has 0 aromatic carbocycles. The van der Waals surface area contributed by atoms with E-state index in [0.29, 0.717) is 50.9 Å². The molecular weight excluding hydrogens is 408 g/mol. The Kier molecular flexibility index (Phi) is 7.81. The van der Waals surface area contributed by atoms with Gasteiger partial charge in [-0.05, 0) is 50.9 Å². The lowest BCUT2D eigenvalue weighted by molar-refractivity contribution is -0.126. The van der Waals surface area contributed by atoms with E-state index in [1.165, 1.54) is 6.42 Å². The van der Waals surface area contributed by atoms with Crippen LogP contribution in [0.5, 0.6) is 0 Å². The number of carbonyl (C=O) groups is 2. The number of pyridine rings is 1. The summed E-state index contributed by atoms with van der Waals surface area (Å²) in [5.41, 5.74) is 0.684. The van der Waals surface area contributed by atoms with Crippen LogP contribution in [0.3, 0.4) is 0 Å². The Bertz CT molecular complexity index is 760. The smallest absolute Gasteiger partial charge is 0.321 e. The van der Waals surface area contributed by atoms with Gasteiger partial charge in [-0.25, -0.2) is 9.78 Å². The van der Waals surface area contributed by atoms with Crippen molar-refractivity contribution in [2.75, 3.05) is 69.2 Å². The SMILES string of the molecule is CCN1CCC[C@H]1CNC(=O)C1CCN(C(=O)Nc2ccc(N3CCOCC3)nc2)CC1. The molecule has 32 heavy (non-hydrogen) atoms. The lowest BCUT2D eigenvalue weighted by Crippen LogP contribution is -2.46. The molecule has 0 spiro atoms. The molecule has 9 nitrogen and oxygen atoms in total. The molecule has 4 heterocycles. The van der Waals surface area contributed by atoms with Crippen LogP contribution in [-0.2, 0) is 9.53 Å². The van der Waals surface area contributed by atoms with Crippen molar-refractivity contribution in [3.8, 4) is 0 Å². The van der Waals surface area contributed by atoms with Crippen molar-refractivity contribution in [1.82, 2.24) is 20.1 Å². The number of likely N-dealkylation sites (N-methyl/N-ethyl adjacent to an activating group) is 1. The Morgan fingerprint density at radius 3 is 2.56 bits per heavy atom. The number of morpholine rings is 1. The number of hydrogen-bond donors (Lipinski definition) is 2. The molecule has 0 radical (unpaired) electrons. The van der Waals surface area contributed by atoms with Gasteiger partial charge in [0.25, 0.3) is 0 Å². The number of piperidine rings is 1. The molecule has 3 amide bonds. The lowest BCUT2D eigenvalue weighted by Gasteiger charge is -2.32. The number of likely N-dealkylation sites (tertiary alicyclic amines) is 2. The van der Waals surface area contributed by atoms with E-state index in [-0.39, 0.29) is 17.9 Å². The van der Waals surface area contributed by atoms with Gasteiger partial charge in [0.15, 0.2) is 0 Å². The lowest BCUT2D eigenvalue weighted by atomic mass is 9.96. The quantitative estimate of drug-likeness (QED) is 0.695. The van der Waals surface area contributed by atoms with Gasteiger partial charge < -0.3 is 25.2 Å². The Labute approximate surface area is 190 Å². The highest BCUT2D eigenvalue weighted by molar-refractivity contribution is 5.89. The van der Waals surface area contributed by atoms with E-state index < -0.39 is 0 Å². The Hall–Kier alpha value is -2.39.